The summed E-state index contributed by atoms with van der Waals surface area (Å²) in [6.45, 7) is 0. The van der Waals surface area contributed by atoms with E-state index in [2.05, 4.69) is 10.1 Å². The number of hydrogen-bond acceptors (Lipinski definition) is 3. The third-order valence-corrected chi connectivity index (χ3v) is 0.878. The van der Waals surface area contributed by atoms with Crippen LogP contribution >= 0.6 is 0 Å². The zero-order valence-electron chi connectivity index (χ0n) is 6.73. The van der Waals surface area contributed by atoms with Gasteiger partial charge in [0.1, 0.15) is 0 Å². The molecule has 0 radical (unpaired) electrons. The predicted molar refractivity (Wildman–Crippen MR) is 34.7 cm³/mol. The third kappa shape index (κ3) is 2.96. The predicted octanol–water partition coefficient (Wildman–Crippen LogP) is -1.99. The topological polar surface area (TPSA) is 45.5 Å². The maximum absolute atomic E-state index is 8.05. The van der Waals surface area contributed by atoms with Crippen LogP contribution in [0.3, 0.4) is 0 Å². The number of rotatable bonds is 1. The summed E-state index contributed by atoms with van der Waals surface area (Å²) in [5.74, 6) is 0. The van der Waals surface area contributed by atoms with Gasteiger partial charge in [-0.1, -0.05) is 11.2 Å². The van der Waals surface area contributed by atoms with Crippen molar-refractivity contribution in [1.82, 2.24) is 4.98 Å². The second-order valence-corrected chi connectivity index (χ2v) is 1.50. The molecule has 4 heteroatoms. The van der Waals surface area contributed by atoms with E-state index < -0.39 is 0 Å². The molecule has 1 aromatic heterocycles. The van der Waals surface area contributed by atoms with E-state index in [0.29, 0.717) is 5.69 Å². The molecular weight excluding hydrogens is 139 g/mol. The van der Waals surface area contributed by atoms with Gasteiger partial charge in [-0.25, -0.2) is 0 Å². The van der Waals surface area contributed by atoms with Crippen LogP contribution in [0, 0.1) is 0 Å². The molecule has 0 atom stereocenters. The van der Waals surface area contributed by atoms with Crippen molar-refractivity contribution in [2.24, 2.45) is 5.16 Å². The van der Waals surface area contributed by atoms with Crippen molar-refractivity contribution >= 4 is 6.21 Å². The number of nitrogens with zero attached hydrogens (tertiary/aromatic N) is 2. The zero-order chi connectivity index (χ0) is 6.53. The molecule has 0 aliphatic heterocycles. The SMILES string of the molecule is ON=Cc1ccccn1.[H-].[Na+]. The van der Waals surface area contributed by atoms with Gasteiger partial charge in [-0.3, -0.25) is 4.98 Å². The number of pyridine rings is 1. The first-order valence-electron chi connectivity index (χ1n) is 2.52. The van der Waals surface area contributed by atoms with Gasteiger partial charge in [0.15, 0.2) is 0 Å². The quantitative estimate of drug-likeness (QED) is 0.216. The van der Waals surface area contributed by atoms with Crippen molar-refractivity contribution in [2.75, 3.05) is 0 Å². The van der Waals surface area contributed by atoms with Crippen LogP contribution in [-0.4, -0.2) is 16.4 Å². The fourth-order valence-electron chi connectivity index (χ4n) is 0.511. The van der Waals surface area contributed by atoms with E-state index in [9.17, 15) is 0 Å². The molecule has 0 fully saturated rings. The Hall–Kier alpha value is -0.380. The van der Waals surface area contributed by atoms with Gasteiger partial charge in [0.2, 0.25) is 0 Å². The second kappa shape index (κ2) is 5.41. The molecule has 0 saturated carbocycles. The van der Waals surface area contributed by atoms with Gasteiger partial charge in [-0.05, 0) is 12.1 Å². The molecule has 1 heterocycles. The van der Waals surface area contributed by atoms with Crippen LogP contribution in [0.1, 0.15) is 7.12 Å². The fourth-order valence-corrected chi connectivity index (χ4v) is 0.511. The van der Waals surface area contributed by atoms with Crippen molar-refractivity contribution in [3.63, 3.8) is 0 Å². The minimum Gasteiger partial charge on any atom is -1.00 e. The summed E-state index contributed by atoms with van der Waals surface area (Å²) in [5, 5.41) is 10.9. The van der Waals surface area contributed by atoms with E-state index >= 15 is 0 Å². The van der Waals surface area contributed by atoms with Gasteiger partial charge in [-0.15, -0.1) is 0 Å². The van der Waals surface area contributed by atoms with E-state index in [1.807, 2.05) is 6.07 Å². The molecule has 10 heavy (non-hydrogen) atoms. The maximum atomic E-state index is 8.05. The van der Waals surface area contributed by atoms with Crippen LogP contribution in [0.2, 0.25) is 0 Å². The first-order chi connectivity index (χ1) is 4.43. The Labute approximate surface area is 82.6 Å². The number of hydrogen-bond donors (Lipinski definition) is 1. The average molecular weight is 146 g/mol. The molecule has 1 N–H and O–H groups in total. The largest absolute Gasteiger partial charge is 1.00 e. The van der Waals surface area contributed by atoms with Gasteiger partial charge in [0.05, 0.1) is 11.9 Å². The minimum atomic E-state index is 0. The molecule has 1 aromatic rings. The first-order valence-corrected chi connectivity index (χ1v) is 2.52. The number of oxime groups is 1. The van der Waals surface area contributed by atoms with Gasteiger partial charge in [-0.2, -0.15) is 0 Å². The van der Waals surface area contributed by atoms with E-state index in [1.165, 1.54) is 6.21 Å². The summed E-state index contributed by atoms with van der Waals surface area (Å²) < 4.78 is 0. The summed E-state index contributed by atoms with van der Waals surface area (Å²) in [4.78, 5) is 3.86. The smallest absolute Gasteiger partial charge is 1.00 e. The third-order valence-electron chi connectivity index (χ3n) is 0.878. The molecule has 1 rings (SSSR count). The monoisotopic (exact) mass is 146 g/mol. The molecular formula is C6H7N2NaO. The van der Waals surface area contributed by atoms with Crippen LogP contribution in [-0.2, 0) is 0 Å². The molecule has 48 valence electrons. The number of aromatic nitrogens is 1. The standard InChI is InChI=1S/C6H6N2O.Na.H/c9-8-5-6-3-1-2-4-7-6;;/h1-5,9H;;/q;+1;-1. The van der Waals surface area contributed by atoms with Gasteiger partial charge in [0, 0.05) is 6.20 Å². The zero-order valence-corrected chi connectivity index (χ0v) is 7.73. The van der Waals surface area contributed by atoms with Gasteiger partial charge >= 0.3 is 29.6 Å². The van der Waals surface area contributed by atoms with Gasteiger partial charge < -0.3 is 6.63 Å². The molecule has 0 saturated heterocycles. The summed E-state index contributed by atoms with van der Waals surface area (Å²) in [6.07, 6.45) is 2.91. The Morgan fingerprint density at radius 3 is 2.90 bits per heavy atom. The molecule has 0 spiro atoms. The van der Waals surface area contributed by atoms with Crippen molar-refractivity contribution in [1.29, 1.82) is 0 Å². The molecule has 0 aromatic carbocycles. The normalized spacial score (nSPS) is 9.20. The first kappa shape index (κ1) is 9.62. The van der Waals surface area contributed by atoms with Crippen molar-refractivity contribution in [3.05, 3.63) is 30.1 Å². The molecule has 0 aliphatic rings. The average Bonchev–Trinajstić information content (AvgIpc) is 1.91. The Morgan fingerprint density at radius 2 is 2.40 bits per heavy atom. The van der Waals surface area contributed by atoms with E-state index in [1.54, 1.807) is 18.3 Å². The van der Waals surface area contributed by atoms with Crippen molar-refractivity contribution in [2.45, 2.75) is 0 Å². The van der Waals surface area contributed by atoms with Crippen LogP contribution in [0.15, 0.2) is 29.6 Å². The van der Waals surface area contributed by atoms with Gasteiger partial charge in [0.25, 0.3) is 0 Å². The minimum absolute atomic E-state index is 0. The maximum Gasteiger partial charge on any atom is 1.00 e. The van der Waals surface area contributed by atoms with Crippen LogP contribution < -0.4 is 29.6 Å². The van der Waals surface area contributed by atoms with E-state index in [0.717, 1.165) is 0 Å². The summed E-state index contributed by atoms with van der Waals surface area (Å²) in [6, 6.07) is 5.37. The van der Waals surface area contributed by atoms with Crippen LogP contribution in [0.25, 0.3) is 0 Å². The summed E-state index contributed by atoms with van der Waals surface area (Å²) >= 11 is 0. The molecule has 0 aliphatic carbocycles. The Balaban J connectivity index is 0. The fraction of sp³-hybridized carbons (Fsp3) is 0. The molecule has 0 amide bonds. The summed E-state index contributed by atoms with van der Waals surface area (Å²) in [5.41, 5.74) is 0.653. The van der Waals surface area contributed by atoms with Crippen molar-refractivity contribution < 1.29 is 36.2 Å². The van der Waals surface area contributed by atoms with E-state index in [-0.39, 0.29) is 31.0 Å². The van der Waals surface area contributed by atoms with E-state index in [4.69, 9.17) is 5.21 Å². The van der Waals surface area contributed by atoms with Crippen LogP contribution in [0.5, 0.6) is 0 Å². The summed E-state index contributed by atoms with van der Waals surface area (Å²) in [7, 11) is 0. The second-order valence-electron chi connectivity index (χ2n) is 1.50. The Morgan fingerprint density at radius 1 is 1.60 bits per heavy atom. The Bertz CT molecular complexity index is 205. The Kier molecular flexibility index (Phi) is 5.20. The molecule has 3 nitrogen and oxygen atoms in total. The molecule has 0 bridgehead atoms. The molecule has 0 unspecified atom stereocenters. The van der Waals surface area contributed by atoms with Crippen molar-refractivity contribution in [3.8, 4) is 0 Å². The van der Waals surface area contributed by atoms with Crippen LogP contribution in [0.4, 0.5) is 0 Å².